The molecule has 0 saturated carbocycles. The minimum Gasteiger partial charge on any atom is -0.465 e. The number of hydrogen-bond acceptors (Lipinski definition) is 2. The van der Waals surface area contributed by atoms with Crippen molar-refractivity contribution >= 4 is 6.09 Å². The number of nitrogens with zero attached hydrogens (tertiary/aromatic N) is 3. The lowest BCUT2D eigenvalue weighted by Crippen LogP contribution is -2.37. The van der Waals surface area contributed by atoms with Gasteiger partial charge in [-0.2, -0.15) is 5.10 Å². The topological polar surface area (TPSA) is 58.4 Å². The summed E-state index contributed by atoms with van der Waals surface area (Å²) in [6, 6.07) is 8.57. The first-order valence-electron chi connectivity index (χ1n) is 7.67. The Morgan fingerprint density at radius 1 is 1.32 bits per heavy atom. The summed E-state index contributed by atoms with van der Waals surface area (Å²) in [5.41, 5.74) is 3.63. The highest BCUT2D eigenvalue weighted by molar-refractivity contribution is 5.65. The summed E-state index contributed by atoms with van der Waals surface area (Å²) in [5, 5.41) is 13.2. The summed E-state index contributed by atoms with van der Waals surface area (Å²) in [6.45, 7) is 1.31. The standard InChI is InChI=1S/C17H21N3O2/c1-19-12-16(11-18-19)15-4-2-3-14(10-15)9-13-5-7-20(8-6-13)17(21)22/h2-4,10-13H,5-9H2,1H3,(H,21,22). The first kappa shape index (κ1) is 14.6. The van der Waals surface area contributed by atoms with Crippen LogP contribution in [0.25, 0.3) is 11.1 Å². The number of carbonyl (C=O) groups is 1. The number of amides is 1. The van der Waals surface area contributed by atoms with Crippen molar-refractivity contribution in [3.8, 4) is 11.1 Å². The van der Waals surface area contributed by atoms with Crippen molar-refractivity contribution in [3.05, 3.63) is 42.2 Å². The summed E-state index contributed by atoms with van der Waals surface area (Å²) < 4.78 is 1.81. The molecule has 1 aromatic carbocycles. The van der Waals surface area contributed by atoms with Gasteiger partial charge in [0.1, 0.15) is 0 Å². The average Bonchev–Trinajstić information content (AvgIpc) is 2.95. The lowest BCUT2D eigenvalue weighted by Gasteiger charge is -2.30. The third kappa shape index (κ3) is 3.30. The average molecular weight is 299 g/mol. The van der Waals surface area contributed by atoms with E-state index in [2.05, 4.69) is 29.4 Å². The first-order valence-corrected chi connectivity index (χ1v) is 7.67. The van der Waals surface area contributed by atoms with Crippen LogP contribution in [0.5, 0.6) is 0 Å². The van der Waals surface area contributed by atoms with Crippen molar-refractivity contribution in [1.82, 2.24) is 14.7 Å². The summed E-state index contributed by atoms with van der Waals surface area (Å²) in [4.78, 5) is 12.5. The number of piperidine rings is 1. The minimum atomic E-state index is -0.794. The van der Waals surface area contributed by atoms with Crippen LogP contribution in [0.4, 0.5) is 4.79 Å². The maximum absolute atomic E-state index is 10.9. The summed E-state index contributed by atoms with van der Waals surface area (Å²) in [7, 11) is 1.92. The van der Waals surface area contributed by atoms with Crippen LogP contribution in [0.1, 0.15) is 18.4 Å². The molecule has 5 heteroatoms. The molecular weight excluding hydrogens is 278 g/mol. The lowest BCUT2D eigenvalue weighted by molar-refractivity contribution is 0.124. The molecule has 1 amide bonds. The zero-order chi connectivity index (χ0) is 15.5. The Hall–Kier alpha value is -2.30. The summed E-state index contributed by atoms with van der Waals surface area (Å²) >= 11 is 0. The van der Waals surface area contributed by atoms with Crippen LogP contribution >= 0.6 is 0 Å². The predicted molar refractivity (Wildman–Crippen MR) is 84.7 cm³/mol. The largest absolute Gasteiger partial charge is 0.465 e. The van der Waals surface area contributed by atoms with E-state index in [1.165, 1.54) is 16.0 Å². The molecule has 3 rings (SSSR count). The fourth-order valence-corrected chi connectivity index (χ4v) is 3.11. The predicted octanol–water partition coefficient (Wildman–Crippen LogP) is 3.02. The van der Waals surface area contributed by atoms with E-state index in [0.29, 0.717) is 19.0 Å². The molecule has 0 aliphatic carbocycles. The number of aryl methyl sites for hydroxylation is 1. The Kier molecular flexibility index (Phi) is 4.13. The molecule has 0 radical (unpaired) electrons. The number of aromatic nitrogens is 2. The molecule has 5 nitrogen and oxygen atoms in total. The fraction of sp³-hybridized carbons (Fsp3) is 0.412. The van der Waals surface area contributed by atoms with Crippen LogP contribution in [0, 0.1) is 5.92 Å². The molecule has 1 N–H and O–H groups in total. The van der Waals surface area contributed by atoms with Crippen molar-refractivity contribution < 1.29 is 9.90 Å². The molecule has 1 aliphatic heterocycles. The Morgan fingerprint density at radius 2 is 2.09 bits per heavy atom. The first-order chi connectivity index (χ1) is 10.6. The van der Waals surface area contributed by atoms with Gasteiger partial charge in [0.15, 0.2) is 0 Å². The zero-order valence-corrected chi connectivity index (χ0v) is 12.8. The maximum Gasteiger partial charge on any atom is 0.407 e. The molecule has 1 saturated heterocycles. The number of likely N-dealkylation sites (tertiary alicyclic amines) is 1. The fourth-order valence-electron chi connectivity index (χ4n) is 3.11. The Labute approximate surface area is 130 Å². The summed E-state index contributed by atoms with van der Waals surface area (Å²) in [6.07, 6.45) is 6.01. The van der Waals surface area contributed by atoms with E-state index in [-0.39, 0.29) is 0 Å². The molecule has 22 heavy (non-hydrogen) atoms. The van der Waals surface area contributed by atoms with Gasteiger partial charge in [-0.05, 0) is 36.3 Å². The second-order valence-electron chi connectivity index (χ2n) is 6.02. The van der Waals surface area contributed by atoms with Crippen LogP contribution in [0.15, 0.2) is 36.7 Å². The van der Waals surface area contributed by atoms with Crippen molar-refractivity contribution in [3.63, 3.8) is 0 Å². The summed E-state index contributed by atoms with van der Waals surface area (Å²) in [5.74, 6) is 0.569. The van der Waals surface area contributed by atoms with Gasteiger partial charge in [0.2, 0.25) is 0 Å². The highest BCUT2D eigenvalue weighted by Gasteiger charge is 2.22. The van der Waals surface area contributed by atoms with Gasteiger partial charge in [-0.3, -0.25) is 4.68 Å². The van der Waals surface area contributed by atoms with Gasteiger partial charge in [-0.15, -0.1) is 0 Å². The van der Waals surface area contributed by atoms with Gasteiger partial charge in [-0.25, -0.2) is 4.79 Å². The van der Waals surface area contributed by atoms with E-state index in [0.717, 1.165) is 24.8 Å². The van der Waals surface area contributed by atoms with E-state index >= 15 is 0 Å². The van der Waals surface area contributed by atoms with E-state index in [1.807, 2.05) is 24.1 Å². The molecule has 0 unspecified atom stereocenters. The lowest BCUT2D eigenvalue weighted by atomic mass is 9.89. The zero-order valence-electron chi connectivity index (χ0n) is 12.8. The molecule has 2 heterocycles. The van der Waals surface area contributed by atoms with E-state index in [1.54, 1.807) is 0 Å². The monoisotopic (exact) mass is 299 g/mol. The van der Waals surface area contributed by atoms with Crippen LogP contribution in [-0.4, -0.2) is 39.0 Å². The SMILES string of the molecule is Cn1cc(-c2cccc(CC3CCN(C(=O)O)CC3)c2)cn1. The molecule has 1 aromatic heterocycles. The molecule has 0 spiro atoms. The van der Waals surface area contributed by atoms with Crippen LogP contribution < -0.4 is 0 Å². The smallest absolute Gasteiger partial charge is 0.407 e. The molecule has 0 atom stereocenters. The van der Waals surface area contributed by atoms with Crippen molar-refractivity contribution in [2.24, 2.45) is 13.0 Å². The Balaban J connectivity index is 1.65. The van der Waals surface area contributed by atoms with Crippen LogP contribution in [-0.2, 0) is 13.5 Å². The highest BCUT2D eigenvalue weighted by Crippen LogP contribution is 2.25. The molecule has 2 aromatic rings. The second-order valence-corrected chi connectivity index (χ2v) is 6.02. The van der Waals surface area contributed by atoms with Gasteiger partial charge in [0.05, 0.1) is 6.20 Å². The normalized spacial score (nSPS) is 16.0. The third-order valence-electron chi connectivity index (χ3n) is 4.37. The minimum absolute atomic E-state index is 0.569. The Bertz CT molecular complexity index is 657. The number of hydrogen-bond donors (Lipinski definition) is 1. The van der Waals surface area contributed by atoms with Crippen LogP contribution in [0.3, 0.4) is 0 Å². The van der Waals surface area contributed by atoms with Crippen molar-refractivity contribution in [2.75, 3.05) is 13.1 Å². The van der Waals surface area contributed by atoms with E-state index < -0.39 is 6.09 Å². The molecule has 1 aliphatic rings. The number of benzene rings is 1. The van der Waals surface area contributed by atoms with Gasteiger partial charge in [0.25, 0.3) is 0 Å². The second kappa shape index (κ2) is 6.22. The van der Waals surface area contributed by atoms with E-state index in [9.17, 15) is 4.79 Å². The van der Waals surface area contributed by atoms with Gasteiger partial charge >= 0.3 is 6.09 Å². The van der Waals surface area contributed by atoms with Gasteiger partial charge in [-0.1, -0.05) is 24.3 Å². The van der Waals surface area contributed by atoms with E-state index in [4.69, 9.17) is 5.11 Å². The molecule has 116 valence electrons. The van der Waals surface area contributed by atoms with Crippen molar-refractivity contribution in [1.29, 1.82) is 0 Å². The van der Waals surface area contributed by atoms with Crippen LogP contribution in [0.2, 0.25) is 0 Å². The Morgan fingerprint density at radius 3 is 2.73 bits per heavy atom. The quantitative estimate of drug-likeness (QED) is 0.947. The maximum atomic E-state index is 10.9. The molecular formula is C17H21N3O2. The molecule has 0 bridgehead atoms. The third-order valence-corrected chi connectivity index (χ3v) is 4.37. The molecule has 1 fully saturated rings. The number of rotatable bonds is 3. The highest BCUT2D eigenvalue weighted by atomic mass is 16.4. The number of carboxylic acid groups (broad SMARTS) is 1. The van der Waals surface area contributed by atoms with Gasteiger partial charge < -0.3 is 10.0 Å². The van der Waals surface area contributed by atoms with Crippen molar-refractivity contribution in [2.45, 2.75) is 19.3 Å². The van der Waals surface area contributed by atoms with Gasteiger partial charge in [0, 0.05) is 31.9 Å².